The second-order valence-electron chi connectivity index (χ2n) is 6.67. The number of nitrogens with two attached hydrogens (primary N) is 1. The van der Waals surface area contributed by atoms with Crippen LogP contribution in [0.5, 0.6) is 0 Å². The molecule has 0 amide bonds. The molecule has 3 heteroatoms. The van der Waals surface area contributed by atoms with E-state index in [1.807, 2.05) is 0 Å². The molecule has 0 unspecified atom stereocenters. The van der Waals surface area contributed by atoms with E-state index in [2.05, 4.69) is 36.1 Å². The van der Waals surface area contributed by atoms with Crippen molar-refractivity contribution in [1.29, 1.82) is 0 Å². The van der Waals surface area contributed by atoms with Gasteiger partial charge in [-0.05, 0) is 43.7 Å². The molecule has 1 saturated heterocycles. The third-order valence-electron chi connectivity index (χ3n) is 5.04. The molecule has 21 heavy (non-hydrogen) atoms. The third-order valence-corrected chi connectivity index (χ3v) is 5.04. The van der Waals surface area contributed by atoms with Crippen LogP contribution in [0.1, 0.15) is 49.7 Å². The highest BCUT2D eigenvalue weighted by atomic mass is 15.2. The molecule has 114 valence electrons. The summed E-state index contributed by atoms with van der Waals surface area (Å²) in [4.78, 5) is 7.04. The summed E-state index contributed by atoms with van der Waals surface area (Å²) in [5, 5.41) is 0. The highest BCUT2D eigenvalue weighted by Crippen LogP contribution is 2.49. The van der Waals surface area contributed by atoms with Gasteiger partial charge in [-0.15, -0.1) is 0 Å². The van der Waals surface area contributed by atoms with Gasteiger partial charge in [0.1, 0.15) is 0 Å². The molecule has 2 N–H and O–H groups in total. The first-order valence-corrected chi connectivity index (χ1v) is 8.32. The maximum Gasteiger partial charge on any atom is 0.191 e. The van der Waals surface area contributed by atoms with Crippen LogP contribution in [-0.2, 0) is 5.41 Å². The van der Waals surface area contributed by atoms with Gasteiger partial charge in [-0.25, -0.2) is 0 Å². The molecular formula is C18H27N3. The van der Waals surface area contributed by atoms with Gasteiger partial charge in [-0.1, -0.05) is 37.1 Å². The summed E-state index contributed by atoms with van der Waals surface area (Å²) in [5.74, 6) is 0.761. The van der Waals surface area contributed by atoms with Crippen LogP contribution in [0.15, 0.2) is 29.3 Å². The lowest BCUT2D eigenvalue weighted by atomic mass is 9.92. The highest BCUT2D eigenvalue weighted by molar-refractivity contribution is 5.78. The second kappa shape index (κ2) is 6.08. The first-order valence-electron chi connectivity index (χ1n) is 8.32. The zero-order valence-electron chi connectivity index (χ0n) is 13.1. The van der Waals surface area contributed by atoms with Gasteiger partial charge in [-0.2, -0.15) is 0 Å². The largest absolute Gasteiger partial charge is 0.370 e. The number of rotatable bonds is 3. The SMILES string of the molecule is Cc1ccccc1C1(CN=C(N)N2CCCCCC2)CC1. The molecule has 0 radical (unpaired) electrons. The molecule has 1 aromatic carbocycles. The fourth-order valence-electron chi connectivity index (χ4n) is 3.46. The van der Waals surface area contributed by atoms with Crippen molar-refractivity contribution in [3.8, 4) is 0 Å². The summed E-state index contributed by atoms with van der Waals surface area (Å²) in [6.45, 7) is 5.21. The van der Waals surface area contributed by atoms with E-state index in [0.29, 0.717) is 0 Å². The van der Waals surface area contributed by atoms with Gasteiger partial charge in [0.15, 0.2) is 5.96 Å². The number of hydrogen-bond donors (Lipinski definition) is 1. The average molecular weight is 285 g/mol. The molecule has 1 aromatic rings. The maximum absolute atomic E-state index is 6.24. The van der Waals surface area contributed by atoms with Crippen molar-refractivity contribution in [3.05, 3.63) is 35.4 Å². The predicted molar refractivity (Wildman–Crippen MR) is 88.6 cm³/mol. The molecule has 1 saturated carbocycles. The lowest BCUT2D eigenvalue weighted by molar-refractivity contribution is 0.427. The number of guanidine groups is 1. The molecule has 3 rings (SSSR count). The van der Waals surface area contributed by atoms with E-state index in [0.717, 1.165) is 25.6 Å². The van der Waals surface area contributed by atoms with Crippen LogP contribution >= 0.6 is 0 Å². The molecular weight excluding hydrogens is 258 g/mol. The molecule has 3 nitrogen and oxygen atoms in total. The van der Waals surface area contributed by atoms with Gasteiger partial charge in [0.25, 0.3) is 0 Å². The van der Waals surface area contributed by atoms with Gasteiger partial charge in [0, 0.05) is 18.5 Å². The smallest absolute Gasteiger partial charge is 0.191 e. The van der Waals surface area contributed by atoms with Crippen LogP contribution in [-0.4, -0.2) is 30.5 Å². The Balaban J connectivity index is 1.68. The number of likely N-dealkylation sites (tertiary alicyclic amines) is 1. The molecule has 2 aliphatic rings. The van der Waals surface area contributed by atoms with E-state index in [9.17, 15) is 0 Å². The van der Waals surface area contributed by atoms with Crippen LogP contribution in [0.2, 0.25) is 0 Å². The summed E-state index contributed by atoms with van der Waals surface area (Å²) in [6, 6.07) is 8.73. The lowest BCUT2D eigenvalue weighted by Gasteiger charge is -2.22. The van der Waals surface area contributed by atoms with Gasteiger partial charge in [-0.3, -0.25) is 4.99 Å². The maximum atomic E-state index is 6.24. The lowest BCUT2D eigenvalue weighted by Crippen LogP contribution is -2.38. The Kier molecular flexibility index (Phi) is 4.18. The Labute approximate surface area is 128 Å². The van der Waals surface area contributed by atoms with E-state index in [1.165, 1.54) is 49.7 Å². The van der Waals surface area contributed by atoms with Crippen molar-refractivity contribution in [2.75, 3.05) is 19.6 Å². The van der Waals surface area contributed by atoms with Gasteiger partial charge >= 0.3 is 0 Å². The summed E-state index contributed by atoms with van der Waals surface area (Å²) < 4.78 is 0. The van der Waals surface area contributed by atoms with Crippen molar-refractivity contribution in [2.24, 2.45) is 10.7 Å². The normalized spacial score (nSPS) is 22.0. The van der Waals surface area contributed by atoms with E-state index in [1.54, 1.807) is 0 Å². The summed E-state index contributed by atoms with van der Waals surface area (Å²) >= 11 is 0. The van der Waals surface area contributed by atoms with Crippen LogP contribution in [0, 0.1) is 6.92 Å². The molecule has 0 spiro atoms. The summed E-state index contributed by atoms with van der Waals surface area (Å²) in [7, 11) is 0. The fraction of sp³-hybridized carbons (Fsp3) is 0.611. The molecule has 0 atom stereocenters. The van der Waals surface area contributed by atoms with E-state index in [-0.39, 0.29) is 5.41 Å². The average Bonchev–Trinajstić information content (AvgIpc) is 3.30. The first-order chi connectivity index (χ1) is 10.2. The Morgan fingerprint density at radius 1 is 1.14 bits per heavy atom. The van der Waals surface area contributed by atoms with E-state index in [4.69, 9.17) is 10.7 Å². The highest BCUT2D eigenvalue weighted by Gasteiger charge is 2.44. The molecule has 1 heterocycles. The van der Waals surface area contributed by atoms with E-state index >= 15 is 0 Å². The molecule has 1 aliphatic carbocycles. The second-order valence-corrected chi connectivity index (χ2v) is 6.67. The zero-order chi connectivity index (χ0) is 14.7. The topological polar surface area (TPSA) is 41.6 Å². The number of hydrogen-bond acceptors (Lipinski definition) is 1. The monoisotopic (exact) mass is 285 g/mol. The van der Waals surface area contributed by atoms with Crippen molar-refractivity contribution < 1.29 is 0 Å². The molecule has 0 bridgehead atoms. The zero-order valence-corrected chi connectivity index (χ0v) is 13.1. The van der Waals surface area contributed by atoms with Crippen LogP contribution < -0.4 is 5.73 Å². The van der Waals surface area contributed by atoms with Gasteiger partial charge < -0.3 is 10.6 Å². The minimum Gasteiger partial charge on any atom is -0.370 e. The predicted octanol–water partition coefficient (Wildman–Crippen LogP) is 3.22. The van der Waals surface area contributed by atoms with Crippen LogP contribution in [0.25, 0.3) is 0 Å². The van der Waals surface area contributed by atoms with Crippen LogP contribution in [0.3, 0.4) is 0 Å². The van der Waals surface area contributed by atoms with Crippen molar-refractivity contribution in [1.82, 2.24) is 4.90 Å². The standard InChI is InChI=1S/C18H27N3/c1-15-8-4-5-9-16(15)18(10-11-18)14-20-17(19)21-12-6-2-3-7-13-21/h4-5,8-9H,2-3,6-7,10-14H2,1H3,(H2,19,20). The molecule has 0 aromatic heterocycles. The Hall–Kier alpha value is -1.51. The Morgan fingerprint density at radius 2 is 1.81 bits per heavy atom. The summed E-state index contributed by atoms with van der Waals surface area (Å²) in [6.07, 6.45) is 7.65. The van der Waals surface area contributed by atoms with Gasteiger partial charge in [0.2, 0.25) is 0 Å². The first kappa shape index (κ1) is 14.4. The van der Waals surface area contributed by atoms with Crippen molar-refractivity contribution in [3.63, 3.8) is 0 Å². The minimum atomic E-state index is 0.266. The number of benzene rings is 1. The summed E-state index contributed by atoms with van der Waals surface area (Å²) in [5.41, 5.74) is 9.37. The Bertz CT molecular complexity index is 509. The van der Waals surface area contributed by atoms with Crippen molar-refractivity contribution in [2.45, 2.75) is 50.9 Å². The van der Waals surface area contributed by atoms with Crippen LogP contribution in [0.4, 0.5) is 0 Å². The van der Waals surface area contributed by atoms with Crippen molar-refractivity contribution >= 4 is 5.96 Å². The quantitative estimate of drug-likeness (QED) is 0.684. The fourth-order valence-corrected chi connectivity index (χ4v) is 3.46. The number of nitrogens with zero attached hydrogens (tertiary/aromatic N) is 2. The molecule has 1 aliphatic heterocycles. The molecule has 2 fully saturated rings. The minimum absolute atomic E-state index is 0.266. The Morgan fingerprint density at radius 3 is 2.43 bits per heavy atom. The third kappa shape index (κ3) is 3.22. The van der Waals surface area contributed by atoms with E-state index < -0.39 is 0 Å². The number of aliphatic imine (C=N–C) groups is 1. The van der Waals surface area contributed by atoms with Gasteiger partial charge in [0.05, 0.1) is 6.54 Å². The number of aryl methyl sites for hydroxylation is 1.